The molecule has 0 saturated carbocycles. The zero-order valence-electron chi connectivity index (χ0n) is 36.8. The van der Waals surface area contributed by atoms with Gasteiger partial charge in [0.15, 0.2) is 0 Å². The number of thiophene rings is 3. The SMILES string of the molecule is Cc1ccc(C(C)NNC(=O)OC(C)(C)C)s1.Cc1ccc(C(C)NNC(=O)OC(C)(C)C)s1.Cc1ccc(C(C)NNC(=O)OC(C)(C)C)s1.O=C=O.O=C=O.O=C=O. The molecule has 3 aromatic heterocycles. The van der Waals surface area contributed by atoms with E-state index in [1.165, 1.54) is 29.3 Å². The van der Waals surface area contributed by atoms with Gasteiger partial charge >= 0.3 is 36.7 Å². The monoisotopic (exact) mass is 900 g/mol. The lowest BCUT2D eigenvalue weighted by Crippen LogP contribution is -2.42. The summed E-state index contributed by atoms with van der Waals surface area (Å²) >= 11 is 5.12. The third-order valence-corrected chi connectivity index (χ3v) is 9.48. The molecule has 0 aromatic carbocycles. The van der Waals surface area contributed by atoms with Crippen LogP contribution in [0.2, 0.25) is 0 Å². The highest BCUT2D eigenvalue weighted by Gasteiger charge is 2.19. The Hall–Kier alpha value is -5.07. The summed E-state index contributed by atoms with van der Waals surface area (Å²) in [6.45, 7) is 28.6. The zero-order chi connectivity index (χ0) is 47.3. The van der Waals surface area contributed by atoms with Gasteiger partial charge in [-0.25, -0.2) is 30.7 Å². The van der Waals surface area contributed by atoms with Gasteiger partial charge in [0.05, 0.1) is 18.1 Å². The maximum atomic E-state index is 11.4. The Kier molecular flexibility index (Phi) is 30.5. The number of hydrazine groups is 3. The largest absolute Gasteiger partial charge is 0.443 e. The van der Waals surface area contributed by atoms with Gasteiger partial charge in [0.1, 0.15) is 16.8 Å². The fourth-order valence-electron chi connectivity index (χ4n) is 3.68. The minimum Gasteiger partial charge on any atom is -0.443 e. The molecular formula is C39H60N6O12S3. The van der Waals surface area contributed by atoms with Crippen molar-refractivity contribution < 1.29 is 57.4 Å². The minimum absolute atomic E-state index is 0.0706. The molecule has 0 radical (unpaired) electrons. The second kappa shape index (κ2) is 30.9. The Balaban J connectivity index is -0.000000736. The fraction of sp³-hybridized carbons (Fsp3) is 0.538. The summed E-state index contributed by atoms with van der Waals surface area (Å²) in [5, 5.41) is 0. The first-order chi connectivity index (χ1) is 27.6. The van der Waals surface area contributed by atoms with Crippen molar-refractivity contribution in [1.82, 2.24) is 32.6 Å². The number of carbonyl (C=O) groups is 3. The van der Waals surface area contributed by atoms with Gasteiger partial charge in [-0.2, -0.15) is 28.8 Å². The molecule has 3 rings (SSSR count). The third-order valence-electron chi connectivity index (χ3n) is 5.93. The number of nitrogens with one attached hydrogen (secondary N) is 6. The Bertz CT molecular complexity index is 1580. The number of rotatable bonds is 9. The second-order valence-electron chi connectivity index (χ2n) is 15.1. The Morgan fingerprint density at radius 1 is 0.450 bits per heavy atom. The molecule has 3 unspecified atom stereocenters. The maximum absolute atomic E-state index is 11.4. The van der Waals surface area contributed by atoms with E-state index >= 15 is 0 Å². The molecule has 336 valence electrons. The molecule has 3 heterocycles. The molecule has 0 aliphatic carbocycles. The van der Waals surface area contributed by atoms with Crippen molar-refractivity contribution >= 4 is 70.7 Å². The lowest BCUT2D eigenvalue weighted by molar-refractivity contribution is -0.193. The van der Waals surface area contributed by atoms with Crippen LogP contribution in [0.3, 0.4) is 0 Å². The van der Waals surface area contributed by atoms with Crippen molar-refractivity contribution in [2.75, 3.05) is 0 Å². The first-order valence-corrected chi connectivity index (χ1v) is 20.4. The molecule has 18 nitrogen and oxygen atoms in total. The van der Waals surface area contributed by atoms with Crippen molar-refractivity contribution in [3.63, 3.8) is 0 Å². The zero-order valence-corrected chi connectivity index (χ0v) is 39.3. The van der Waals surface area contributed by atoms with E-state index in [4.69, 9.17) is 43.0 Å². The van der Waals surface area contributed by atoms with Gasteiger partial charge in [-0.3, -0.25) is 16.3 Å². The van der Waals surface area contributed by atoms with Crippen LogP contribution in [-0.2, 0) is 43.0 Å². The normalized spacial score (nSPS) is 11.7. The van der Waals surface area contributed by atoms with Gasteiger partial charge < -0.3 is 14.2 Å². The highest BCUT2D eigenvalue weighted by atomic mass is 32.1. The molecule has 0 bridgehead atoms. The molecule has 3 atom stereocenters. The summed E-state index contributed by atoms with van der Waals surface area (Å²) < 4.78 is 15.4. The summed E-state index contributed by atoms with van der Waals surface area (Å²) in [6.07, 6.45) is -0.632. The van der Waals surface area contributed by atoms with Crippen molar-refractivity contribution in [2.45, 2.75) is 139 Å². The average Bonchev–Trinajstić information content (AvgIpc) is 3.86. The number of amides is 3. The van der Waals surface area contributed by atoms with E-state index < -0.39 is 35.1 Å². The Labute approximate surface area is 363 Å². The molecule has 0 aliphatic heterocycles. The minimum atomic E-state index is -0.478. The highest BCUT2D eigenvalue weighted by molar-refractivity contribution is 7.12. The Morgan fingerprint density at radius 2 is 0.633 bits per heavy atom. The third kappa shape index (κ3) is 34.9. The van der Waals surface area contributed by atoms with Crippen LogP contribution in [0, 0.1) is 20.8 Å². The first kappa shape index (κ1) is 59.2. The van der Waals surface area contributed by atoms with Crippen LogP contribution >= 0.6 is 34.0 Å². The molecule has 60 heavy (non-hydrogen) atoms. The van der Waals surface area contributed by atoms with E-state index in [9.17, 15) is 14.4 Å². The first-order valence-electron chi connectivity index (χ1n) is 18.0. The second-order valence-corrected chi connectivity index (χ2v) is 19.0. The lowest BCUT2D eigenvalue weighted by Gasteiger charge is -2.21. The summed E-state index contributed by atoms with van der Waals surface area (Å²) in [4.78, 5) is 90.3. The van der Waals surface area contributed by atoms with Gasteiger partial charge in [0.25, 0.3) is 0 Å². The van der Waals surface area contributed by atoms with E-state index in [1.807, 2.05) is 83.1 Å². The van der Waals surface area contributed by atoms with E-state index in [-0.39, 0.29) is 36.6 Å². The van der Waals surface area contributed by atoms with Crippen LogP contribution in [0.1, 0.15) is 130 Å². The van der Waals surface area contributed by atoms with Crippen molar-refractivity contribution in [3.8, 4) is 0 Å². The van der Waals surface area contributed by atoms with Crippen LogP contribution in [0.15, 0.2) is 36.4 Å². The Morgan fingerprint density at radius 3 is 0.767 bits per heavy atom. The molecule has 0 aliphatic rings. The molecule has 0 spiro atoms. The van der Waals surface area contributed by atoms with Crippen molar-refractivity contribution in [2.24, 2.45) is 0 Å². The summed E-state index contributed by atoms with van der Waals surface area (Å²) in [7, 11) is 0. The van der Waals surface area contributed by atoms with Gasteiger partial charge in [0.2, 0.25) is 0 Å². The predicted octanol–water partition coefficient (Wildman–Crippen LogP) is 7.69. The van der Waals surface area contributed by atoms with E-state index in [1.54, 1.807) is 34.0 Å². The average molecular weight is 901 g/mol. The van der Waals surface area contributed by atoms with Crippen LogP contribution in [0.25, 0.3) is 0 Å². The van der Waals surface area contributed by atoms with Gasteiger partial charge in [0, 0.05) is 29.3 Å². The summed E-state index contributed by atoms with van der Waals surface area (Å²) in [5.41, 5.74) is 15.0. The summed E-state index contributed by atoms with van der Waals surface area (Å²) in [6, 6.07) is 12.5. The van der Waals surface area contributed by atoms with E-state index in [0.29, 0.717) is 0 Å². The molecule has 0 fully saturated rings. The van der Waals surface area contributed by atoms with Crippen LogP contribution < -0.4 is 32.6 Å². The molecule has 0 saturated heterocycles. The molecule has 6 N–H and O–H groups in total. The fourth-order valence-corrected chi connectivity index (χ4v) is 6.32. The van der Waals surface area contributed by atoms with Crippen molar-refractivity contribution in [1.29, 1.82) is 0 Å². The van der Waals surface area contributed by atoms with Crippen LogP contribution in [-0.4, -0.2) is 53.5 Å². The lowest BCUT2D eigenvalue weighted by atomic mass is 10.2. The van der Waals surface area contributed by atoms with E-state index in [0.717, 1.165) is 0 Å². The summed E-state index contributed by atoms with van der Waals surface area (Å²) in [5.74, 6) is 0. The predicted molar refractivity (Wildman–Crippen MR) is 225 cm³/mol. The smallest absolute Gasteiger partial charge is 0.422 e. The molecule has 21 heteroatoms. The number of hydrogen-bond donors (Lipinski definition) is 6. The van der Waals surface area contributed by atoms with Crippen LogP contribution in [0.4, 0.5) is 14.4 Å². The van der Waals surface area contributed by atoms with Gasteiger partial charge in [-0.15, -0.1) is 34.0 Å². The highest BCUT2D eigenvalue weighted by Crippen LogP contribution is 2.23. The molecule has 3 amide bonds. The quantitative estimate of drug-likeness (QED) is 0.0889. The van der Waals surface area contributed by atoms with Gasteiger partial charge in [-0.05, 0) is 140 Å². The van der Waals surface area contributed by atoms with E-state index in [2.05, 4.69) is 89.7 Å². The topological polar surface area (TPSA) is 253 Å². The number of carbonyl (C=O) groups excluding carboxylic acids is 9. The molecular weight excluding hydrogens is 841 g/mol. The van der Waals surface area contributed by atoms with Gasteiger partial charge in [-0.1, -0.05) is 0 Å². The van der Waals surface area contributed by atoms with Crippen LogP contribution in [0.5, 0.6) is 0 Å². The molecule has 3 aromatic rings. The number of hydrogen-bond acceptors (Lipinski definition) is 18. The maximum Gasteiger partial charge on any atom is 0.422 e. The standard InChI is InChI=1S/3C12H20N2O2S.3CO2/c3*1-8-6-7-10(17-8)9(2)13-14-11(15)16-12(3,4)5;3*2-1-3/h3*6-7,9,13H,1-5H3,(H,14,15);;;. The number of ether oxygens (including phenoxy) is 3. The van der Waals surface area contributed by atoms with Crippen molar-refractivity contribution in [3.05, 3.63) is 65.7 Å². The number of aryl methyl sites for hydroxylation is 3.